The number of methoxy groups -OCH3 is 1. The molecule has 0 bridgehead atoms. The largest absolute Gasteiger partial charge is 1.00 e. The second-order valence-electron chi connectivity index (χ2n) is 4.64. The van der Waals surface area contributed by atoms with Crippen LogP contribution in [-0.2, 0) is 19.6 Å². The first-order chi connectivity index (χ1) is 9.02. The molecule has 0 aliphatic carbocycles. The van der Waals surface area contributed by atoms with Crippen LogP contribution in [0.3, 0.4) is 0 Å². The van der Waals surface area contributed by atoms with Crippen molar-refractivity contribution in [3.8, 4) is 0 Å². The molecule has 1 rings (SSSR count). The first-order valence-corrected chi connectivity index (χ1v) is 7.39. The average molecular weight is 335 g/mol. The molecule has 1 heterocycles. The number of aliphatic hydroxyl groups is 2. The van der Waals surface area contributed by atoms with Gasteiger partial charge in [0.25, 0.3) is 10.1 Å². The van der Waals surface area contributed by atoms with Crippen LogP contribution in [0.5, 0.6) is 0 Å². The first-order valence-electron chi connectivity index (χ1n) is 5.78. The number of ether oxygens (including phenoxy) is 2. The summed E-state index contributed by atoms with van der Waals surface area (Å²) in [6, 6.07) is -1.06. The molecule has 9 nitrogen and oxygen atoms in total. The molecule has 0 spiro atoms. The number of hydrogen-bond acceptors (Lipinski definition) is 8. The van der Waals surface area contributed by atoms with E-state index >= 15 is 0 Å². The molecule has 0 amide bonds. The van der Waals surface area contributed by atoms with Crippen molar-refractivity contribution < 1.29 is 67.3 Å². The molecule has 1 aliphatic rings. The maximum absolute atomic E-state index is 11.0. The van der Waals surface area contributed by atoms with Gasteiger partial charge in [0.2, 0.25) is 5.79 Å². The fourth-order valence-electron chi connectivity index (χ4n) is 2.17. The molecule has 0 radical (unpaired) electrons. The van der Waals surface area contributed by atoms with Gasteiger partial charge in [-0.3, -0.25) is 9.55 Å². The fourth-order valence-corrected chi connectivity index (χ4v) is 3.04. The summed E-state index contributed by atoms with van der Waals surface area (Å²) < 4.78 is 41.1. The van der Waals surface area contributed by atoms with Crippen molar-refractivity contribution in [3.05, 3.63) is 0 Å². The molecule has 21 heavy (non-hydrogen) atoms. The third kappa shape index (κ3) is 5.12. The number of hydrogen-bond donors (Lipinski definition) is 3. The third-order valence-electron chi connectivity index (χ3n) is 3.05. The van der Waals surface area contributed by atoms with E-state index in [-0.39, 0.29) is 29.6 Å². The smallest absolute Gasteiger partial charge is 0.862 e. The van der Waals surface area contributed by atoms with Crippen LogP contribution in [0.15, 0.2) is 4.99 Å². The molecule has 3 N–H and O–H groups in total. The Kier molecular flexibility index (Phi) is 7.74. The van der Waals surface area contributed by atoms with E-state index in [1.54, 1.807) is 0 Å². The van der Waals surface area contributed by atoms with E-state index in [2.05, 4.69) is 4.99 Å². The summed E-state index contributed by atoms with van der Waals surface area (Å²) in [7, 11) is -3.47. The summed E-state index contributed by atoms with van der Waals surface area (Å²) in [6.45, 7) is 2.60. The van der Waals surface area contributed by atoms with Crippen molar-refractivity contribution in [1.29, 1.82) is 0 Å². The van der Waals surface area contributed by atoms with Crippen molar-refractivity contribution in [2.75, 3.05) is 12.9 Å². The molecule has 0 aromatic carbocycles. The zero-order valence-corrected chi connectivity index (χ0v) is 15.1. The van der Waals surface area contributed by atoms with Gasteiger partial charge in [0.1, 0.15) is 24.0 Å². The van der Waals surface area contributed by atoms with Gasteiger partial charge >= 0.3 is 29.6 Å². The van der Waals surface area contributed by atoms with Gasteiger partial charge < -0.3 is 24.8 Å². The molecule has 5 atom stereocenters. The van der Waals surface area contributed by atoms with Gasteiger partial charge in [0.15, 0.2) is 0 Å². The Bertz CT molecular complexity index is 479. The van der Waals surface area contributed by atoms with Crippen LogP contribution in [0, 0.1) is 0 Å². The van der Waals surface area contributed by atoms with Crippen LogP contribution < -0.4 is 34.7 Å². The summed E-state index contributed by atoms with van der Waals surface area (Å²) in [6.07, 6.45) is -4.29. The maximum atomic E-state index is 11.0. The van der Waals surface area contributed by atoms with E-state index in [1.807, 2.05) is 0 Å². The quantitative estimate of drug-likeness (QED) is 0.199. The molecule has 0 aromatic rings. The van der Waals surface area contributed by atoms with Gasteiger partial charge in [0.05, 0.1) is 6.10 Å². The molecular weight excluding hydrogens is 317 g/mol. The molecule has 118 valence electrons. The Morgan fingerprint density at radius 3 is 2.38 bits per heavy atom. The monoisotopic (exact) mass is 335 g/mol. The standard InChI is InChI=1S/C10H19NO8S.Na/c1-5-7(11-6(2)12)8(13)9(14)10(18-3,19-5)4-20(15,16)17;/h5,7-9,13-14H,4H2,1-3H3,(H,11,12)(H,15,16,17);/q;+1/p-1/t5-,7-,8+,9-,10-;/m0./s1. The summed E-state index contributed by atoms with van der Waals surface area (Å²) in [5.41, 5.74) is 0. The maximum Gasteiger partial charge on any atom is 1.00 e. The second kappa shape index (κ2) is 7.66. The van der Waals surface area contributed by atoms with E-state index in [4.69, 9.17) is 14.0 Å². The van der Waals surface area contributed by atoms with Crippen molar-refractivity contribution in [1.82, 2.24) is 0 Å². The molecule has 11 heteroatoms. The Labute approximate surface area is 145 Å². The minimum absolute atomic E-state index is 0. The van der Waals surface area contributed by atoms with E-state index in [0.29, 0.717) is 0 Å². The Morgan fingerprint density at radius 1 is 1.48 bits per heavy atom. The van der Waals surface area contributed by atoms with Crippen LogP contribution in [0.2, 0.25) is 0 Å². The molecule has 1 fully saturated rings. The predicted octanol–water partition coefficient (Wildman–Crippen LogP) is -5.49. The van der Waals surface area contributed by atoms with Crippen molar-refractivity contribution in [2.45, 2.75) is 44.0 Å². The fraction of sp³-hybridized carbons (Fsp3) is 0.900. The minimum Gasteiger partial charge on any atom is -0.862 e. The normalized spacial score (nSPS) is 37.9. The summed E-state index contributed by atoms with van der Waals surface area (Å²) in [5.74, 6) is -3.77. The van der Waals surface area contributed by atoms with Gasteiger partial charge in [0, 0.05) is 7.11 Å². The van der Waals surface area contributed by atoms with Crippen LogP contribution >= 0.6 is 0 Å². The Morgan fingerprint density at radius 2 is 2.00 bits per heavy atom. The van der Waals surface area contributed by atoms with Gasteiger partial charge in [-0.1, -0.05) is 0 Å². The van der Waals surface area contributed by atoms with E-state index in [0.717, 1.165) is 7.11 Å². The average Bonchev–Trinajstić information content (AvgIpc) is 2.29. The molecule has 0 aromatic heterocycles. The SMILES string of the molecule is CO[C@@]1(CS(=O)(=O)O)O[C@@H](C)[C@H](N=C(C)[O-])[C@@H](O)[C@@H]1O.[Na+]. The Hall–Kier alpha value is 0.220. The van der Waals surface area contributed by atoms with E-state index < -0.39 is 51.9 Å². The van der Waals surface area contributed by atoms with Gasteiger partial charge in [-0.15, -0.1) is 0 Å². The van der Waals surface area contributed by atoms with Crippen LogP contribution in [0.25, 0.3) is 0 Å². The van der Waals surface area contributed by atoms with Crippen molar-refractivity contribution in [2.24, 2.45) is 4.99 Å². The van der Waals surface area contributed by atoms with Gasteiger partial charge in [-0.05, 0) is 19.7 Å². The zero-order chi connectivity index (χ0) is 15.7. The van der Waals surface area contributed by atoms with Crippen LogP contribution in [0.1, 0.15) is 13.8 Å². The van der Waals surface area contributed by atoms with Crippen LogP contribution in [0.4, 0.5) is 0 Å². The molecule has 0 saturated carbocycles. The predicted molar refractivity (Wildman–Crippen MR) is 65.6 cm³/mol. The molecular formula is C10H18NNaO8S. The van der Waals surface area contributed by atoms with E-state index in [9.17, 15) is 23.7 Å². The first kappa shape index (κ1) is 21.2. The second-order valence-corrected chi connectivity index (χ2v) is 6.09. The molecule has 1 saturated heterocycles. The molecule has 0 unspecified atom stereocenters. The van der Waals surface area contributed by atoms with Crippen LogP contribution in [-0.4, -0.2) is 72.1 Å². The summed E-state index contributed by atoms with van der Waals surface area (Å²) >= 11 is 0. The number of aliphatic imine (C=N–C) groups is 1. The summed E-state index contributed by atoms with van der Waals surface area (Å²) in [4.78, 5) is 3.60. The number of aliphatic hydroxyl groups excluding tert-OH is 2. The summed E-state index contributed by atoms with van der Waals surface area (Å²) in [5, 5.41) is 31.0. The topological polar surface area (TPSA) is 149 Å². The zero-order valence-electron chi connectivity index (χ0n) is 12.3. The van der Waals surface area contributed by atoms with Gasteiger partial charge in [-0.25, -0.2) is 0 Å². The van der Waals surface area contributed by atoms with E-state index in [1.165, 1.54) is 13.8 Å². The minimum atomic E-state index is -4.53. The Balaban J connectivity index is 0.00000400. The number of rotatable bonds is 4. The van der Waals surface area contributed by atoms with Crippen molar-refractivity contribution in [3.63, 3.8) is 0 Å². The van der Waals surface area contributed by atoms with Crippen molar-refractivity contribution >= 4 is 16.0 Å². The number of nitrogens with zero attached hydrogens (tertiary/aromatic N) is 1. The molecule has 1 aliphatic heterocycles. The third-order valence-corrected chi connectivity index (χ3v) is 3.82. The van der Waals surface area contributed by atoms with Gasteiger partial charge in [-0.2, -0.15) is 8.42 Å².